The molecular formula is C10H13NO. The van der Waals surface area contributed by atoms with E-state index in [2.05, 4.69) is 23.5 Å². The molecule has 2 heteroatoms. The molecule has 2 nitrogen and oxygen atoms in total. The lowest BCUT2D eigenvalue weighted by molar-refractivity contribution is 0.278. The van der Waals surface area contributed by atoms with Crippen LogP contribution in [0.1, 0.15) is 17.9 Å². The fourth-order valence-electron chi connectivity index (χ4n) is 1.77. The van der Waals surface area contributed by atoms with Crippen molar-refractivity contribution in [2.24, 2.45) is 0 Å². The molecule has 0 saturated heterocycles. The molecule has 0 bridgehead atoms. The summed E-state index contributed by atoms with van der Waals surface area (Å²) >= 11 is 0. The number of para-hydroxylation sites is 1. The van der Waals surface area contributed by atoms with Crippen LogP contribution in [0.3, 0.4) is 0 Å². The van der Waals surface area contributed by atoms with E-state index >= 15 is 0 Å². The lowest BCUT2D eigenvalue weighted by Gasteiger charge is -2.06. The molecule has 0 aliphatic carbocycles. The molecule has 0 spiro atoms. The van der Waals surface area contributed by atoms with Crippen molar-refractivity contribution in [3.8, 4) is 0 Å². The Labute approximate surface area is 72.2 Å². The van der Waals surface area contributed by atoms with E-state index in [4.69, 9.17) is 5.11 Å². The van der Waals surface area contributed by atoms with E-state index in [9.17, 15) is 0 Å². The first-order valence-electron chi connectivity index (χ1n) is 4.35. The zero-order valence-corrected chi connectivity index (χ0v) is 6.96. The molecule has 1 aromatic carbocycles. The summed E-state index contributed by atoms with van der Waals surface area (Å²) in [5.74, 6) is 0.506. The quantitative estimate of drug-likeness (QED) is 0.693. The average Bonchev–Trinajstić information content (AvgIpc) is 2.50. The highest BCUT2D eigenvalue weighted by atomic mass is 16.3. The Morgan fingerprint density at radius 1 is 1.42 bits per heavy atom. The van der Waals surface area contributed by atoms with E-state index in [1.165, 1.54) is 11.3 Å². The third kappa shape index (κ3) is 1.18. The molecule has 0 radical (unpaired) electrons. The highest BCUT2D eigenvalue weighted by Crippen LogP contribution is 2.32. The zero-order valence-electron chi connectivity index (χ0n) is 6.96. The van der Waals surface area contributed by atoms with Gasteiger partial charge in [-0.3, -0.25) is 0 Å². The molecule has 1 aliphatic rings. The summed E-state index contributed by atoms with van der Waals surface area (Å²) in [4.78, 5) is 0. The van der Waals surface area contributed by atoms with Crippen LogP contribution in [0.5, 0.6) is 0 Å². The van der Waals surface area contributed by atoms with Gasteiger partial charge < -0.3 is 10.4 Å². The van der Waals surface area contributed by atoms with Crippen LogP contribution in [0.25, 0.3) is 0 Å². The molecule has 0 amide bonds. The summed E-state index contributed by atoms with van der Waals surface area (Å²) in [5.41, 5.74) is 2.59. The van der Waals surface area contributed by atoms with Gasteiger partial charge in [0.2, 0.25) is 0 Å². The average molecular weight is 163 g/mol. The van der Waals surface area contributed by atoms with Crippen molar-refractivity contribution in [1.82, 2.24) is 0 Å². The molecule has 1 heterocycles. The molecule has 0 saturated carbocycles. The van der Waals surface area contributed by atoms with Crippen molar-refractivity contribution in [3.05, 3.63) is 29.8 Å². The van der Waals surface area contributed by atoms with Crippen LogP contribution < -0.4 is 5.32 Å². The van der Waals surface area contributed by atoms with Crippen LogP contribution in [-0.2, 0) is 0 Å². The van der Waals surface area contributed by atoms with Gasteiger partial charge in [0.1, 0.15) is 0 Å². The second-order valence-electron chi connectivity index (χ2n) is 3.18. The molecule has 12 heavy (non-hydrogen) atoms. The third-order valence-corrected chi connectivity index (χ3v) is 2.42. The molecule has 1 unspecified atom stereocenters. The van der Waals surface area contributed by atoms with E-state index in [0.29, 0.717) is 5.92 Å². The lowest BCUT2D eigenvalue weighted by atomic mass is 9.99. The highest BCUT2D eigenvalue weighted by molar-refractivity contribution is 5.57. The van der Waals surface area contributed by atoms with Crippen molar-refractivity contribution >= 4 is 5.69 Å². The molecule has 0 aromatic heterocycles. The van der Waals surface area contributed by atoms with Gasteiger partial charge in [0, 0.05) is 24.8 Å². The lowest BCUT2D eigenvalue weighted by Crippen LogP contribution is -2.03. The SMILES string of the molecule is OCCC1CNc2ccccc21. The van der Waals surface area contributed by atoms with Crippen LogP contribution in [0.2, 0.25) is 0 Å². The number of anilines is 1. The maximum absolute atomic E-state index is 8.82. The summed E-state index contributed by atoms with van der Waals surface area (Å²) in [6.07, 6.45) is 0.865. The van der Waals surface area contributed by atoms with Gasteiger partial charge in [-0.05, 0) is 18.1 Å². The Morgan fingerprint density at radius 3 is 3.08 bits per heavy atom. The number of rotatable bonds is 2. The van der Waals surface area contributed by atoms with Crippen LogP contribution >= 0.6 is 0 Å². The normalized spacial score (nSPS) is 20.2. The number of benzene rings is 1. The summed E-state index contributed by atoms with van der Waals surface area (Å²) in [6.45, 7) is 1.25. The van der Waals surface area contributed by atoms with E-state index < -0.39 is 0 Å². The zero-order chi connectivity index (χ0) is 8.39. The summed E-state index contributed by atoms with van der Waals surface area (Å²) in [6, 6.07) is 8.31. The minimum Gasteiger partial charge on any atom is -0.396 e. The first kappa shape index (κ1) is 7.62. The predicted molar refractivity (Wildman–Crippen MR) is 49.4 cm³/mol. The maximum atomic E-state index is 8.82. The fourth-order valence-corrected chi connectivity index (χ4v) is 1.77. The second kappa shape index (κ2) is 3.15. The van der Waals surface area contributed by atoms with Crippen molar-refractivity contribution in [2.45, 2.75) is 12.3 Å². The summed E-state index contributed by atoms with van der Waals surface area (Å²) in [7, 11) is 0. The fraction of sp³-hybridized carbons (Fsp3) is 0.400. The molecule has 0 fully saturated rings. The number of aliphatic hydroxyl groups is 1. The largest absolute Gasteiger partial charge is 0.396 e. The minimum atomic E-state index is 0.278. The van der Waals surface area contributed by atoms with Crippen LogP contribution in [0.15, 0.2) is 24.3 Å². The van der Waals surface area contributed by atoms with Gasteiger partial charge in [0.25, 0.3) is 0 Å². The van der Waals surface area contributed by atoms with Crippen molar-refractivity contribution in [3.63, 3.8) is 0 Å². The molecule has 64 valence electrons. The minimum absolute atomic E-state index is 0.278. The van der Waals surface area contributed by atoms with Gasteiger partial charge in [0.15, 0.2) is 0 Å². The smallest absolute Gasteiger partial charge is 0.0437 e. The molecular weight excluding hydrogens is 150 g/mol. The first-order valence-corrected chi connectivity index (χ1v) is 4.35. The van der Waals surface area contributed by atoms with Crippen LogP contribution in [-0.4, -0.2) is 18.3 Å². The monoisotopic (exact) mass is 163 g/mol. The number of nitrogens with one attached hydrogen (secondary N) is 1. The molecule has 2 N–H and O–H groups in total. The summed E-state index contributed by atoms with van der Waals surface area (Å²) < 4.78 is 0. The van der Waals surface area contributed by atoms with Gasteiger partial charge in [0.05, 0.1) is 0 Å². The maximum Gasteiger partial charge on any atom is 0.0437 e. The first-order chi connectivity index (χ1) is 5.92. The van der Waals surface area contributed by atoms with Crippen molar-refractivity contribution < 1.29 is 5.11 Å². The van der Waals surface area contributed by atoms with E-state index in [0.717, 1.165) is 13.0 Å². The highest BCUT2D eigenvalue weighted by Gasteiger charge is 2.20. The van der Waals surface area contributed by atoms with E-state index in [1.807, 2.05) is 6.07 Å². The molecule has 1 aromatic rings. The number of hydrogen-bond acceptors (Lipinski definition) is 2. The van der Waals surface area contributed by atoms with E-state index in [1.54, 1.807) is 0 Å². The van der Waals surface area contributed by atoms with Crippen molar-refractivity contribution in [1.29, 1.82) is 0 Å². The molecule has 2 rings (SSSR count). The van der Waals surface area contributed by atoms with Crippen molar-refractivity contribution in [2.75, 3.05) is 18.5 Å². The Balaban J connectivity index is 2.24. The van der Waals surface area contributed by atoms with Crippen LogP contribution in [0, 0.1) is 0 Å². The Kier molecular flexibility index (Phi) is 2.00. The topological polar surface area (TPSA) is 32.3 Å². The third-order valence-electron chi connectivity index (χ3n) is 2.42. The number of hydrogen-bond donors (Lipinski definition) is 2. The predicted octanol–water partition coefficient (Wildman–Crippen LogP) is 1.58. The van der Waals surface area contributed by atoms with Gasteiger partial charge in [-0.1, -0.05) is 18.2 Å². The molecule has 1 aliphatic heterocycles. The van der Waals surface area contributed by atoms with E-state index in [-0.39, 0.29) is 6.61 Å². The number of fused-ring (bicyclic) bond motifs is 1. The Bertz CT molecular complexity index is 270. The van der Waals surface area contributed by atoms with Gasteiger partial charge in [-0.25, -0.2) is 0 Å². The molecule has 1 atom stereocenters. The van der Waals surface area contributed by atoms with Gasteiger partial charge in [-0.2, -0.15) is 0 Å². The Hall–Kier alpha value is -1.02. The summed E-state index contributed by atoms with van der Waals surface area (Å²) in [5, 5.41) is 12.1. The van der Waals surface area contributed by atoms with Gasteiger partial charge in [-0.15, -0.1) is 0 Å². The second-order valence-corrected chi connectivity index (χ2v) is 3.18. The Morgan fingerprint density at radius 2 is 2.25 bits per heavy atom. The van der Waals surface area contributed by atoms with Gasteiger partial charge >= 0.3 is 0 Å². The standard InChI is InChI=1S/C10H13NO/c12-6-5-8-7-11-10-4-2-1-3-9(8)10/h1-4,8,11-12H,5-7H2. The number of aliphatic hydroxyl groups excluding tert-OH is 1. The van der Waals surface area contributed by atoms with Crippen LogP contribution in [0.4, 0.5) is 5.69 Å².